The van der Waals surface area contributed by atoms with Crippen LogP contribution >= 0.6 is 11.3 Å². The smallest absolute Gasteiger partial charge is 0.226 e. The van der Waals surface area contributed by atoms with Crippen LogP contribution in [-0.4, -0.2) is 22.6 Å². The maximum absolute atomic E-state index is 4.56. The first-order valence-electron chi connectivity index (χ1n) is 6.37. The van der Waals surface area contributed by atoms with E-state index in [4.69, 9.17) is 0 Å². The third-order valence-electron chi connectivity index (χ3n) is 3.02. The van der Waals surface area contributed by atoms with E-state index in [1.165, 1.54) is 0 Å². The molecular weight excluding hydrogens is 244 g/mol. The fourth-order valence-electron chi connectivity index (χ4n) is 1.58. The Kier molecular flexibility index (Phi) is 4.01. The van der Waals surface area contributed by atoms with Gasteiger partial charge in [-0.2, -0.15) is 4.98 Å². The van der Waals surface area contributed by atoms with Crippen LogP contribution in [0.5, 0.6) is 0 Å². The van der Waals surface area contributed by atoms with Crippen LogP contribution in [0.1, 0.15) is 27.7 Å². The van der Waals surface area contributed by atoms with Crippen molar-refractivity contribution < 1.29 is 0 Å². The fraction of sp³-hybridized carbons (Fsp3) is 0.538. The number of nitrogens with one attached hydrogen (secondary N) is 2. The molecule has 2 aromatic heterocycles. The molecule has 2 heterocycles. The van der Waals surface area contributed by atoms with Crippen molar-refractivity contribution >= 4 is 33.3 Å². The molecule has 1 atom stereocenters. The van der Waals surface area contributed by atoms with E-state index in [2.05, 4.69) is 52.8 Å². The highest BCUT2D eigenvalue weighted by Gasteiger charge is 2.12. The molecule has 0 aromatic carbocycles. The highest BCUT2D eigenvalue weighted by Crippen LogP contribution is 2.27. The van der Waals surface area contributed by atoms with Gasteiger partial charge in [0.05, 0.1) is 5.39 Å². The van der Waals surface area contributed by atoms with Crippen LogP contribution in [0.25, 0.3) is 10.2 Å². The monoisotopic (exact) mass is 264 g/mol. The minimum absolute atomic E-state index is 0.387. The van der Waals surface area contributed by atoms with Crippen LogP contribution in [-0.2, 0) is 0 Å². The third kappa shape index (κ3) is 2.72. The molecule has 0 radical (unpaired) electrons. The van der Waals surface area contributed by atoms with Crippen molar-refractivity contribution in [3.05, 3.63) is 11.4 Å². The molecule has 0 amide bonds. The number of nitrogens with zero attached hydrogens (tertiary/aromatic N) is 2. The number of aromatic nitrogens is 2. The van der Waals surface area contributed by atoms with Crippen LogP contribution in [0.3, 0.4) is 0 Å². The van der Waals surface area contributed by atoms with Crippen LogP contribution in [0.15, 0.2) is 11.4 Å². The van der Waals surface area contributed by atoms with E-state index < -0.39 is 0 Å². The summed E-state index contributed by atoms with van der Waals surface area (Å²) in [5.41, 5.74) is 0. The van der Waals surface area contributed by atoms with Gasteiger partial charge in [-0.05, 0) is 31.2 Å². The maximum atomic E-state index is 4.56. The van der Waals surface area contributed by atoms with Gasteiger partial charge in [0.2, 0.25) is 5.95 Å². The summed E-state index contributed by atoms with van der Waals surface area (Å²) in [7, 11) is 0. The molecule has 2 aromatic rings. The van der Waals surface area contributed by atoms with Crippen LogP contribution in [0.4, 0.5) is 11.8 Å². The van der Waals surface area contributed by atoms with E-state index in [-0.39, 0.29) is 0 Å². The Bertz CT molecular complexity index is 521. The van der Waals surface area contributed by atoms with Crippen molar-refractivity contribution in [2.75, 3.05) is 17.2 Å². The molecule has 4 nitrogen and oxygen atoms in total. The molecule has 1 unspecified atom stereocenters. The molecule has 0 aliphatic carbocycles. The number of thiophene rings is 1. The summed E-state index contributed by atoms with van der Waals surface area (Å²) in [6.45, 7) is 9.46. The Balaban J connectivity index is 2.37. The van der Waals surface area contributed by atoms with Gasteiger partial charge in [-0.1, -0.05) is 13.8 Å². The predicted molar refractivity (Wildman–Crippen MR) is 79.5 cm³/mol. The van der Waals surface area contributed by atoms with E-state index in [0.29, 0.717) is 17.9 Å². The average Bonchev–Trinajstić information content (AvgIpc) is 2.77. The van der Waals surface area contributed by atoms with Gasteiger partial charge < -0.3 is 10.6 Å². The summed E-state index contributed by atoms with van der Waals surface area (Å²) in [5, 5.41) is 9.82. The number of hydrogen-bond acceptors (Lipinski definition) is 5. The molecule has 0 bridgehead atoms. The summed E-state index contributed by atoms with van der Waals surface area (Å²) in [6.07, 6.45) is 0. The van der Waals surface area contributed by atoms with Gasteiger partial charge in [-0.15, -0.1) is 11.3 Å². The summed E-state index contributed by atoms with van der Waals surface area (Å²) in [4.78, 5) is 10.1. The zero-order valence-corrected chi connectivity index (χ0v) is 12.1. The van der Waals surface area contributed by atoms with Gasteiger partial charge in [0.15, 0.2) is 0 Å². The average molecular weight is 264 g/mol. The van der Waals surface area contributed by atoms with E-state index in [9.17, 15) is 0 Å². The van der Waals surface area contributed by atoms with Gasteiger partial charge in [-0.25, -0.2) is 4.98 Å². The van der Waals surface area contributed by atoms with Crippen molar-refractivity contribution in [3.8, 4) is 0 Å². The molecule has 18 heavy (non-hydrogen) atoms. The molecular formula is C13H20N4S. The minimum Gasteiger partial charge on any atom is -0.367 e. The van der Waals surface area contributed by atoms with E-state index in [0.717, 1.165) is 22.6 Å². The lowest BCUT2D eigenvalue weighted by Gasteiger charge is -2.19. The van der Waals surface area contributed by atoms with Gasteiger partial charge >= 0.3 is 0 Å². The Hall–Kier alpha value is -1.36. The van der Waals surface area contributed by atoms with Crippen LogP contribution in [0, 0.1) is 5.92 Å². The lowest BCUT2D eigenvalue weighted by atomic mass is 10.1. The zero-order chi connectivity index (χ0) is 13.1. The van der Waals surface area contributed by atoms with E-state index in [1.807, 2.05) is 6.92 Å². The zero-order valence-electron chi connectivity index (χ0n) is 11.3. The van der Waals surface area contributed by atoms with E-state index in [1.54, 1.807) is 11.3 Å². The number of anilines is 2. The highest BCUT2D eigenvalue weighted by molar-refractivity contribution is 7.16. The van der Waals surface area contributed by atoms with Crippen LogP contribution < -0.4 is 10.6 Å². The van der Waals surface area contributed by atoms with E-state index >= 15 is 0 Å². The first kappa shape index (κ1) is 13.1. The molecule has 0 aliphatic rings. The normalized spacial score (nSPS) is 12.9. The molecule has 98 valence electrons. The Morgan fingerprint density at radius 1 is 1.28 bits per heavy atom. The quantitative estimate of drug-likeness (QED) is 0.866. The van der Waals surface area contributed by atoms with Crippen molar-refractivity contribution in [3.63, 3.8) is 0 Å². The molecule has 0 saturated carbocycles. The van der Waals surface area contributed by atoms with Gasteiger partial charge in [0.25, 0.3) is 0 Å². The van der Waals surface area contributed by atoms with Crippen molar-refractivity contribution in [1.82, 2.24) is 9.97 Å². The topological polar surface area (TPSA) is 49.8 Å². The number of fused-ring (bicyclic) bond motifs is 1. The number of rotatable bonds is 5. The SMILES string of the molecule is CCNc1nc(NC(C)C(C)C)c2ccsc2n1. The Labute approximate surface area is 112 Å². The first-order chi connectivity index (χ1) is 8.61. The number of hydrogen-bond donors (Lipinski definition) is 2. The summed E-state index contributed by atoms with van der Waals surface area (Å²) in [6, 6.07) is 2.46. The molecule has 2 N–H and O–H groups in total. The predicted octanol–water partition coefficient (Wildman–Crippen LogP) is 3.58. The van der Waals surface area contributed by atoms with Crippen LogP contribution in [0.2, 0.25) is 0 Å². The Morgan fingerprint density at radius 2 is 2.06 bits per heavy atom. The summed E-state index contributed by atoms with van der Waals surface area (Å²) < 4.78 is 0. The second-order valence-corrected chi connectivity index (χ2v) is 5.64. The first-order valence-corrected chi connectivity index (χ1v) is 7.25. The fourth-order valence-corrected chi connectivity index (χ4v) is 2.35. The lowest BCUT2D eigenvalue weighted by molar-refractivity contribution is 0.559. The third-order valence-corrected chi connectivity index (χ3v) is 3.83. The highest BCUT2D eigenvalue weighted by atomic mass is 32.1. The second-order valence-electron chi connectivity index (χ2n) is 4.74. The second kappa shape index (κ2) is 5.52. The minimum atomic E-state index is 0.387. The van der Waals surface area contributed by atoms with Gasteiger partial charge in [0, 0.05) is 12.6 Å². The molecule has 5 heteroatoms. The standard InChI is InChI=1S/C13H20N4S/c1-5-14-13-16-11(15-9(4)8(2)3)10-6-7-18-12(10)17-13/h6-9H,5H2,1-4H3,(H2,14,15,16,17). The molecule has 2 rings (SSSR count). The summed E-state index contributed by atoms with van der Waals surface area (Å²) >= 11 is 1.65. The molecule has 0 spiro atoms. The molecule has 0 aliphatic heterocycles. The maximum Gasteiger partial charge on any atom is 0.226 e. The van der Waals surface area contributed by atoms with Gasteiger partial charge in [-0.3, -0.25) is 0 Å². The van der Waals surface area contributed by atoms with Crippen molar-refractivity contribution in [1.29, 1.82) is 0 Å². The summed E-state index contributed by atoms with van der Waals surface area (Å²) in [5.74, 6) is 2.19. The van der Waals surface area contributed by atoms with Gasteiger partial charge in [0.1, 0.15) is 10.6 Å². The molecule has 0 saturated heterocycles. The largest absolute Gasteiger partial charge is 0.367 e. The van der Waals surface area contributed by atoms with Crippen molar-refractivity contribution in [2.45, 2.75) is 33.7 Å². The lowest BCUT2D eigenvalue weighted by Crippen LogP contribution is -2.22. The molecule has 0 fully saturated rings. The Morgan fingerprint density at radius 3 is 2.72 bits per heavy atom. The van der Waals surface area contributed by atoms with Crippen molar-refractivity contribution in [2.24, 2.45) is 5.92 Å².